The van der Waals surface area contributed by atoms with Gasteiger partial charge in [-0.15, -0.1) is 0 Å². The second kappa shape index (κ2) is 6.27. The molecule has 0 bridgehead atoms. The Morgan fingerprint density at radius 2 is 1.74 bits per heavy atom. The Morgan fingerprint density at radius 3 is 2.63 bits per heavy atom. The molecule has 3 nitrogen and oxygen atoms in total. The first-order chi connectivity index (χ1) is 13.2. The molecule has 0 atom stereocenters. The van der Waals surface area contributed by atoms with Crippen LogP contribution in [0.1, 0.15) is 35.1 Å². The molecule has 5 rings (SSSR count). The van der Waals surface area contributed by atoms with Crippen molar-refractivity contribution in [3.63, 3.8) is 0 Å². The van der Waals surface area contributed by atoms with Gasteiger partial charge in [0.25, 0.3) is 0 Å². The van der Waals surface area contributed by atoms with E-state index in [1.807, 2.05) is 36.4 Å². The van der Waals surface area contributed by atoms with Crippen molar-refractivity contribution < 1.29 is 9.52 Å². The zero-order valence-corrected chi connectivity index (χ0v) is 15.0. The normalized spacial score (nSPS) is 13.8. The van der Waals surface area contributed by atoms with E-state index in [4.69, 9.17) is 4.42 Å². The summed E-state index contributed by atoms with van der Waals surface area (Å²) < 4.78 is 5.58. The number of fused-ring (bicyclic) bond motifs is 4. The fourth-order valence-corrected chi connectivity index (χ4v) is 4.27. The van der Waals surface area contributed by atoms with E-state index in [0.717, 1.165) is 46.5 Å². The van der Waals surface area contributed by atoms with Crippen molar-refractivity contribution in [3.05, 3.63) is 87.3 Å². The van der Waals surface area contributed by atoms with Crippen molar-refractivity contribution in [2.45, 2.75) is 32.1 Å². The maximum atomic E-state index is 12.6. The highest BCUT2D eigenvalue weighted by molar-refractivity contribution is 5.89. The number of aromatic hydroxyl groups is 1. The summed E-state index contributed by atoms with van der Waals surface area (Å²) in [5, 5.41) is 14.0. The summed E-state index contributed by atoms with van der Waals surface area (Å²) in [6.45, 7) is 0. The largest absolute Gasteiger partial charge is 0.507 e. The van der Waals surface area contributed by atoms with Crippen LogP contribution in [0.3, 0.4) is 0 Å². The average molecular weight is 356 g/mol. The van der Waals surface area contributed by atoms with Crippen molar-refractivity contribution in [2.24, 2.45) is 0 Å². The van der Waals surface area contributed by atoms with Crippen molar-refractivity contribution >= 4 is 21.7 Å². The molecule has 0 fully saturated rings. The summed E-state index contributed by atoms with van der Waals surface area (Å²) >= 11 is 0. The SMILES string of the molecule is O=c1oc2ccc3c(c2c(O)c1Cc1ccc2ccccc2c1)CCCC3. The van der Waals surface area contributed by atoms with Gasteiger partial charge in [0.2, 0.25) is 0 Å². The molecule has 1 heterocycles. The zero-order valence-electron chi connectivity index (χ0n) is 15.0. The Kier molecular flexibility index (Phi) is 3.75. The van der Waals surface area contributed by atoms with E-state index in [9.17, 15) is 9.90 Å². The molecule has 0 aliphatic heterocycles. The molecule has 1 aliphatic carbocycles. The van der Waals surface area contributed by atoms with Crippen LogP contribution < -0.4 is 5.63 Å². The molecule has 0 radical (unpaired) electrons. The van der Waals surface area contributed by atoms with E-state index in [1.54, 1.807) is 0 Å². The van der Waals surface area contributed by atoms with Crippen molar-refractivity contribution in [3.8, 4) is 5.75 Å². The van der Waals surface area contributed by atoms with Crippen molar-refractivity contribution in [1.82, 2.24) is 0 Å². The van der Waals surface area contributed by atoms with E-state index in [2.05, 4.69) is 18.2 Å². The molecule has 0 spiro atoms. The van der Waals surface area contributed by atoms with Gasteiger partial charge in [-0.1, -0.05) is 48.5 Å². The van der Waals surface area contributed by atoms with Gasteiger partial charge in [-0.25, -0.2) is 4.79 Å². The van der Waals surface area contributed by atoms with Gasteiger partial charge in [-0.05, 0) is 59.2 Å². The molecule has 0 unspecified atom stereocenters. The predicted octanol–water partition coefficient (Wildman–Crippen LogP) is 5.12. The van der Waals surface area contributed by atoms with Crippen molar-refractivity contribution in [2.75, 3.05) is 0 Å². The fourth-order valence-electron chi connectivity index (χ4n) is 4.27. The fraction of sp³-hybridized carbons (Fsp3) is 0.208. The van der Waals surface area contributed by atoms with Gasteiger partial charge in [0.1, 0.15) is 11.3 Å². The van der Waals surface area contributed by atoms with Crippen molar-refractivity contribution in [1.29, 1.82) is 0 Å². The maximum Gasteiger partial charge on any atom is 0.343 e. The topological polar surface area (TPSA) is 50.4 Å². The van der Waals surface area contributed by atoms with Crippen LogP contribution in [0.4, 0.5) is 0 Å². The number of benzene rings is 3. The predicted molar refractivity (Wildman–Crippen MR) is 108 cm³/mol. The van der Waals surface area contributed by atoms with Gasteiger partial charge >= 0.3 is 5.63 Å². The first-order valence-electron chi connectivity index (χ1n) is 9.48. The molecule has 1 aliphatic rings. The highest BCUT2D eigenvalue weighted by atomic mass is 16.4. The quantitative estimate of drug-likeness (QED) is 0.507. The highest BCUT2D eigenvalue weighted by Crippen LogP contribution is 2.36. The summed E-state index contributed by atoms with van der Waals surface area (Å²) in [7, 11) is 0. The average Bonchev–Trinajstić information content (AvgIpc) is 2.70. The second-order valence-electron chi connectivity index (χ2n) is 7.36. The second-order valence-corrected chi connectivity index (χ2v) is 7.36. The van der Waals surface area contributed by atoms with Crippen LogP contribution in [0.15, 0.2) is 63.8 Å². The minimum Gasteiger partial charge on any atom is -0.507 e. The number of hydrogen-bond acceptors (Lipinski definition) is 3. The lowest BCUT2D eigenvalue weighted by Crippen LogP contribution is -2.11. The monoisotopic (exact) mass is 356 g/mol. The molecule has 1 aromatic heterocycles. The molecule has 0 saturated heterocycles. The molecule has 4 aromatic rings. The van der Waals surface area contributed by atoms with E-state index in [1.165, 1.54) is 12.0 Å². The first-order valence-corrected chi connectivity index (χ1v) is 9.48. The van der Waals surface area contributed by atoms with Crippen LogP contribution >= 0.6 is 0 Å². The zero-order chi connectivity index (χ0) is 18.4. The molecule has 0 saturated carbocycles. The van der Waals surface area contributed by atoms with Gasteiger partial charge in [0.05, 0.1) is 10.9 Å². The third-order valence-electron chi connectivity index (χ3n) is 5.66. The lowest BCUT2D eigenvalue weighted by atomic mass is 9.88. The van der Waals surface area contributed by atoms with E-state index in [-0.39, 0.29) is 5.75 Å². The number of hydrogen-bond donors (Lipinski definition) is 1. The molecular formula is C24H20O3. The van der Waals surface area contributed by atoms with Crippen LogP contribution in [0.5, 0.6) is 5.75 Å². The van der Waals surface area contributed by atoms with Crippen LogP contribution in [0.2, 0.25) is 0 Å². The lowest BCUT2D eigenvalue weighted by Gasteiger charge is -2.18. The van der Waals surface area contributed by atoms with Gasteiger partial charge < -0.3 is 9.52 Å². The molecule has 3 heteroatoms. The smallest absolute Gasteiger partial charge is 0.343 e. The minimum absolute atomic E-state index is 0.0909. The van der Waals surface area contributed by atoms with Crippen LogP contribution in [-0.2, 0) is 19.3 Å². The summed E-state index contributed by atoms with van der Waals surface area (Å²) in [5.74, 6) is 0.0909. The van der Waals surface area contributed by atoms with Crippen LogP contribution in [0.25, 0.3) is 21.7 Å². The van der Waals surface area contributed by atoms with Gasteiger partial charge in [0.15, 0.2) is 0 Å². The third kappa shape index (κ3) is 2.71. The van der Waals surface area contributed by atoms with Crippen LogP contribution in [0, 0.1) is 0 Å². The van der Waals surface area contributed by atoms with E-state index in [0.29, 0.717) is 17.6 Å². The maximum absolute atomic E-state index is 12.6. The molecule has 3 aromatic carbocycles. The van der Waals surface area contributed by atoms with Gasteiger partial charge in [-0.3, -0.25) is 0 Å². The Labute approximate surface area is 156 Å². The summed E-state index contributed by atoms with van der Waals surface area (Å²) in [6, 6.07) is 18.1. The molecule has 0 amide bonds. The summed E-state index contributed by atoms with van der Waals surface area (Å²) in [6.07, 6.45) is 4.57. The Morgan fingerprint density at radius 1 is 0.926 bits per heavy atom. The van der Waals surface area contributed by atoms with Gasteiger partial charge in [0, 0.05) is 6.42 Å². The first kappa shape index (κ1) is 16.1. The summed E-state index contributed by atoms with van der Waals surface area (Å²) in [5.41, 5.74) is 3.76. The molecule has 27 heavy (non-hydrogen) atoms. The van der Waals surface area contributed by atoms with E-state index < -0.39 is 5.63 Å². The van der Waals surface area contributed by atoms with E-state index >= 15 is 0 Å². The third-order valence-corrected chi connectivity index (χ3v) is 5.66. The Bertz CT molecular complexity index is 1230. The number of rotatable bonds is 2. The van der Waals surface area contributed by atoms with Crippen LogP contribution in [-0.4, -0.2) is 5.11 Å². The summed E-state index contributed by atoms with van der Waals surface area (Å²) in [4.78, 5) is 12.6. The molecular weight excluding hydrogens is 336 g/mol. The lowest BCUT2D eigenvalue weighted by molar-refractivity contribution is 0.457. The molecule has 134 valence electrons. The van der Waals surface area contributed by atoms with Gasteiger partial charge in [-0.2, -0.15) is 0 Å². The minimum atomic E-state index is -0.455. The standard InChI is InChI=1S/C24H20O3/c25-23-20(14-15-9-10-16-5-1-2-7-18(16)13-15)24(26)27-21-12-11-17-6-3-4-8-19(17)22(21)23/h1-2,5,7,9-13,25H,3-4,6,8,14H2. The highest BCUT2D eigenvalue weighted by Gasteiger charge is 2.20. The Balaban J connectivity index is 1.66. The molecule has 1 N–H and O–H groups in total. The number of aryl methyl sites for hydroxylation is 2. The Hall–Kier alpha value is -3.07.